The first-order valence-corrected chi connectivity index (χ1v) is 13.1. The molecule has 0 saturated carbocycles. The molecule has 200 valence electrons. The van der Waals surface area contributed by atoms with Gasteiger partial charge in [0.25, 0.3) is 0 Å². The molecule has 2 rings (SSSR count). The van der Waals surface area contributed by atoms with Gasteiger partial charge in [-0.2, -0.15) is 8.42 Å². The topological polar surface area (TPSA) is 177 Å². The van der Waals surface area contributed by atoms with E-state index in [1.54, 1.807) is 24.3 Å². The predicted molar refractivity (Wildman–Crippen MR) is 128 cm³/mol. The molecule has 4 atom stereocenters. The van der Waals surface area contributed by atoms with E-state index in [4.69, 9.17) is 9.47 Å². The first-order valence-electron chi connectivity index (χ1n) is 11.6. The van der Waals surface area contributed by atoms with Crippen LogP contribution >= 0.6 is 0 Å². The van der Waals surface area contributed by atoms with Gasteiger partial charge in [-0.1, -0.05) is 44.2 Å². The number of carbonyl (C=O) groups is 4. The van der Waals surface area contributed by atoms with E-state index in [-0.39, 0.29) is 31.3 Å². The van der Waals surface area contributed by atoms with Gasteiger partial charge < -0.3 is 25.4 Å². The number of carbonyl (C=O) groups excluding carboxylic acids is 4. The minimum atomic E-state index is -4.98. The Labute approximate surface area is 210 Å². The summed E-state index contributed by atoms with van der Waals surface area (Å²) in [5, 5.41) is 7.53. The van der Waals surface area contributed by atoms with E-state index in [1.165, 1.54) is 0 Å². The molecular formula is C23H33N3O9S. The van der Waals surface area contributed by atoms with E-state index in [0.29, 0.717) is 13.0 Å². The third-order valence-electron chi connectivity index (χ3n) is 5.46. The van der Waals surface area contributed by atoms with Gasteiger partial charge in [0, 0.05) is 19.4 Å². The highest BCUT2D eigenvalue weighted by atomic mass is 32.2. The second-order valence-corrected chi connectivity index (χ2v) is 10.5. The summed E-state index contributed by atoms with van der Waals surface area (Å²) in [6, 6.07) is 6.32. The van der Waals surface area contributed by atoms with Gasteiger partial charge in [-0.05, 0) is 30.7 Å². The molecular weight excluding hydrogens is 494 g/mol. The molecule has 36 heavy (non-hydrogen) atoms. The van der Waals surface area contributed by atoms with Crippen LogP contribution in [0, 0.1) is 11.8 Å². The Bertz CT molecular complexity index is 1030. The molecule has 1 heterocycles. The monoisotopic (exact) mass is 527 g/mol. The molecule has 0 bridgehead atoms. The van der Waals surface area contributed by atoms with Crippen LogP contribution in [0.15, 0.2) is 30.3 Å². The maximum absolute atomic E-state index is 13.2. The van der Waals surface area contributed by atoms with Crippen LogP contribution in [0.2, 0.25) is 0 Å². The number of ether oxygens (including phenoxy) is 2. The van der Waals surface area contributed by atoms with E-state index in [0.717, 1.165) is 12.5 Å². The third-order valence-corrected chi connectivity index (χ3v) is 6.47. The number of amides is 3. The van der Waals surface area contributed by atoms with Crippen molar-refractivity contribution in [2.45, 2.75) is 64.2 Å². The molecule has 0 aliphatic carbocycles. The minimum absolute atomic E-state index is 0.0284. The molecule has 0 spiro atoms. The average Bonchev–Trinajstić information content (AvgIpc) is 3.19. The lowest BCUT2D eigenvalue weighted by Gasteiger charge is -2.29. The lowest BCUT2D eigenvalue weighted by atomic mass is 9.97. The van der Waals surface area contributed by atoms with Gasteiger partial charge >= 0.3 is 22.2 Å². The fourth-order valence-corrected chi connectivity index (χ4v) is 4.67. The van der Waals surface area contributed by atoms with Gasteiger partial charge in [-0.15, -0.1) is 0 Å². The summed E-state index contributed by atoms with van der Waals surface area (Å²) < 4.78 is 43.8. The minimum Gasteiger partial charge on any atom is -0.445 e. The lowest BCUT2D eigenvalue weighted by Crippen LogP contribution is -2.55. The maximum atomic E-state index is 13.2. The van der Waals surface area contributed by atoms with E-state index in [1.807, 2.05) is 19.9 Å². The summed E-state index contributed by atoms with van der Waals surface area (Å²) in [5.74, 6) is -2.88. The van der Waals surface area contributed by atoms with Crippen LogP contribution in [-0.2, 0) is 40.6 Å². The molecule has 1 aromatic carbocycles. The van der Waals surface area contributed by atoms with E-state index >= 15 is 0 Å². The van der Waals surface area contributed by atoms with Crippen molar-refractivity contribution in [1.29, 1.82) is 0 Å². The van der Waals surface area contributed by atoms with Gasteiger partial charge in [-0.3, -0.25) is 18.9 Å². The number of nitrogens with one attached hydrogen (secondary N) is 3. The summed E-state index contributed by atoms with van der Waals surface area (Å²) in [6.07, 6.45) is -0.546. The highest BCUT2D eigenvalue weighted by Gasteiger charge is 2.41. The Morgan fingerprint density at radius 2 is 1.83 bits per heavy atom. The van der Waals surface area contributed by atoms with E-state index in [2.05, 4.69) is 16.0 Å². The number of esters is 1. The second kappa shape index (κ2) is 13.2. The number of benzene rings is 1. The van der Waals surface area contributed by atoms with E-state index in [9.17, 15) is 32.1 Å². The SMILES string of the molecule is CC(=O)OC([C@H](C[C@@H]1CCNC1=O)NC(=O)[C@H](CC(C)C)NC(=O)OCc1ccccc1)S(=O)(=O)O. The van der Waals surface area contributed by atoms with Crippen molar-refractivity contribution in [2.24, 2.45) is 11.8 Å². The molecule has 0 radical (unpaired) electrons. The molecule has 1 aliphatic heterocycles. The predicted octanol–water partition coefficient (Wildman–Crippen LogP) is 1.12. The number of hydrogen-bond donors (Lipinski definition) is 4. The van der Waals surface area contributed by atoms with Crippen molar-refractivity contribution < 1.29 is 41.6 Å². The summed E-state index contributed by atoms with van der Waals surface area (Å²) >= 11 is 0. The third kappa shape index (κ3) is 9.46. The van der Waals surface area contributed by atoms with Gasteiger partial charge in [0.1, 0.15) is 12.6 Å². The Morgan fingerprint density at radius 1 is 1.17 bits per heavy atom. The van der Waals surface area contributed by atoms with Gasteiger partial charge in [0.05, 0.1) is 6.04 Å². The van der Waals surface area contributed by atoms with Crippen LogP contribution in [0.25, 0.3) is 0 Å². The first-order chi connectivity index (χ1) is 16.9. The standard InChI is InChI=1S/C23H33N3O9S/c1-14(2)11-18(26-23(30)34-13-16-7-5-4-6-8-16)21(29)25-19(12-17-9-10-24-20(17)28)22(35-15(3)27)36(31,32)33/h4-8,14,17-19,22H,9-13H2,1-3H3,(H,24,28)(H,25,29)(H,26,30)(H,31,32,33)/t17-,18-,19-,22?/m0/s1. The van der Waals surface area contributed by atoms with Crippen LogP contribution in [0.3, 0.4) is 0 Å². The zero-order chi connectivity index (χ0) is 26.9. The molecule has 1 fully saturated rings. The highest BCUT2D eigenvalue weighted by Crippen LogP contribution is 2.22. The summed E-state index contributed by atoms with van der Waals surface area (Å²) in [6.45, 7) is 4.92. The Morgan fingerprint density at radius 3 is 2.36 bits per heavy atom. The van der Waals surface area contributed by atoms with Crippen molar-refractivity contribution in [3.8, 4) is 0 Å². The largest absolute Gasteiger partial charge is 0.445 e. The molecule has 1 unspecified atom stereocenters. The normalized spacial score (nSPS) is 18.0. The number of alkyl carbamates (subject to hydrolysis) is 1. The van der Waals surface area contributed by atoms with Crippen LogP contribution in [0.1, 0.15) is 45.6 Å². The molecule has 13 heteroatoms. The Kier molecular flexibility index (Phi) is 10.7. The fourth-order valence-electron chi connectivity index (χ4n) is 3.82. The highest BCUT2D eigenvalue weighted by molar-refractivity contribution is 7.86. The number of rotatable bonds is 12. The van der Waals surface area contributed by atoms with Crippen molar-refractivity contribution in [1.82, 2.24) is 16.0 Å². The molecule has 3 amide bonds. The molecule has 1 aliphatic rings. The van der Waals surface area contributed by atoms with Gasteiger partial charge in [0.15, 0.2) is 0 Å². The van der Waals surface area contributed by atoms with Crippen molar-refractivity contribution in [3.63, 3.8) is 0 Å². The van der Waals surface area contributed by atoms with Gasteiger partial charge in [0.2, 0.25) is 17.3 Å². The lowest BCUT2D eigenvalue weighted by molar-refractivity contribution is -0.145. The summed E-state index contributed by atoms with van der Waals surface area (Å²) in [5.41, 5.74) is -1.40. The zero-order valence-electron chi connectivity index (χ0n) is 20.4. The van der Waals surface area contributed by atoms with E-state index < -0.39 is 51.5 Å². The molecule has 1 saturated heterocycles. The maximum Gasteiger partial charge on any atom is 0.408 e. The summed E-state index contributed by atoms with van der Waals surface area (Å²) in [4.78, 5) is 49.2. The molecule has 4 N–H and O–H groups in total. The first kappa shape index (κ1) is 29.0. The Balaban J connectivity index is 2.19. The van der Waals surface area contributed by atoms with Crippen LogP contribution in [0.5, 0.6) is 0 Å². The van der Waals surface area contributed by atoms with Crippen molar-refractivity contribution >= 4 is 34.0 Å². The van der Waals surface area contributed by atoms with Crippen LogP contribution in [-0.4, -0.2) is 60.9 Å². The van der Waals surface area contributed by atoms with Crippen LogP contribution < -0.4 is 16.0 Å². The quantitative estimate of drug-likeness (QED) is 0.229. The van der Waals surface area contributed by atoms with Crippen molar-refractivity contribution in [2.75, 3.05) is 6.54 Å². The second-order valence-electron chi connectivity index (χ2n) is 9.01. The summed E-state index contributed by atoms with van der Waals surface area (Å²) in [7, 11) is -4.98. The van der Waals surface area contributed by atoms with Gasteiger partial charge in [-0.25, -0.2) is 4.79 Å². The molecule has 12 nitrogen and oxygen atoms in total. The molecule has 1 aromatic rings. The zero-order valence-corrected chi connectivity index (χ0v) is 21.2. The fraction of sp³-hybridized carbons (Fsp3) is 0.565. The number of hydrogen-bond acceptors (Lipinski definition) is 8. The molecule has 0 aromatic heterocycles. The van der Waals surface area contributed by atoms with Crippen LogP contribution in [0.4, 0.5) is 4.79 Å². The average molecular weight is 528 g/mol. The smallest absolute Gasteiger partial charge is 0.408 e. The Hall–Kier alpha value is -3.19. The van der Waals surface area contributed by atoms with Crippen molar-refractivity contribution in [3.05, 3.63) is 35.9 Å².